The highest BCUT2D eigenvalue weighted by molar-refractivity contribution is 5.52. The van der Waals surface area contributed by atoms with E-state index in [0.717, 1.165) is 16.9 Å². The maximum Gasteiger partial charge on any atom is 0.229 e. The first-order valence-electron chi connectivity index (χ1n) is 8.50. The molecule has 0 spiro atoms. The molecule has 0 aromatic heterocycles. The van der Waals surface area contributed by atoms with Crippen molar-refractivity contribution in [3.05, 3.63) is 47.5 Å². The summed E-state index contributed by atoms with van der Waals surface area (Å²) in [4.78, 5) is 0. The maximum absolute atomic E-state index is 6.11. The van der Waals surface area contributed by atoms with E-state index in [1.54, 1.807) is 21.3 Å². The van der Waals surface area contributed by atoms with Crippen molar-refractivity contribution < 1.29 is 28.4 Å². The van der Waals surface area contributed by atoms with Crippen LogP contribution in [0.4, 0.5) is 0 Å². The standard InChI is InChI=1S/C20H24O6/c1-5-24-15-7-9-17(19(13-15)23-4)20(25-10-11-26-20)16-8-6-14(21-2)12-18(16)22-3/h6-9,12-13H,5,10-11H2,1-4H3. The molecule has 2 aromatic carbocycles. The van der Waals surface area contributed by atoms with Crippen LogP contribution in [-0.4, -0.2) is 41.2 Å². The lowest BCUT2D eigenvalue weighted by Gasteiger charge is -2.31. The van der Waals surface area contributed by atoms with Crippen molar-refractivity contribution in [1.29, 1.82) is 0 Å². The van der Waals surface area contributed by atoms with E-state index >= 15 is 0 Å². The fraction of sp³-hybridized carbons (Fsp3) is 0.400. The van der Waals surface area contributed by atoms with E-state index in [4.69, 9.17) is 28.4 Å². The van der Waals surface area contributed by atoms with Gasteiger partial charge in [0.15, 0.2) is 0 Å². The number of hydrogen-bond donors (Lipinski definition) is 0. The highest BCUT2D eigenvalue weighted by Gasteiger charge is 2.45. The van der Waals surface area contributed by atoms with E-state index in [0.29, 0.717) is 37.1 Å². The van der Waals surface area contributed by atoms with Crippen LogP contribution < -0.4 is 18.9 Å². The summed E-state index contributed by atoms with van der Waals surface area (Å²) in [5.41, 5.74) is 1.50. The molecule has 0 aliphatic carbocycles. The molecule has 140 valence electrons. The van der Waals surface area contributed by atoms with Gasteiger partial charge in [-0.05, 0) is 31.2 Å². The zero-order valence-corrected chi connectivity index (χ0v) is 15.5. The lowest BCUT2D eigenvalue weighted by molar-refractivity contribution is -0.132. The Kier molecular flexibility index (Phi) is 5.54. The summed E-state index contributed by atoms with van der Waals surface area (Å²) in [5.74, 6) is 1.53. The van der Waals surface area contributed by atoms with Crippen molar-refractivity contribution in [2.45, 2.75) is 12.7 Å². The predicted molar refractivity (Wildman–Crippen MR) is 96.4 cm³/mol. The van der Waals surface area contributed by atoms with Gasteiger partial charge in [0, 0.05) is 12.1 Å². The molecular formula is C20H24O6. The Morgan fingerprint density at radius 3 is 1.85 bits per heavy atom. The number of ether oxygens (including phenoxy) is 6. The third-order valence-corrected chi connectivity index (χ3v) is 4.30. The van der Waals surface area contributed by atoms with Crippen LogP contribution in [0.15, 0.2) is 36.4 Å². The van der Waals surface area contributed by atoms with Crippen molar-refractivity contribution in [3.8, 4) is 23.0 Å². The second-order valence-electron chi connectivity index (χ2n) is 5.67. The Morgan fingerprint density at radius 2 is 1.35 bits per heavy atom. The summed E-state index contributed by atoms with van der Waals surface area (Å²) in [5, 5.41) is 0. The summed E-state index contributed by atoms with van der Waals surface area (Å²) in [6.45, 7) is 3.44. The molecule has 1 saturated heterocycles. The normalized spacial score (nSPS) is 15.5. The summed E-state index contributed by atoms with van der Waals surface area (Å²) in [6.07, 6.45) is 0. The lowest BCUT2D eigenvalue weighted by atomic mass is 9.95. The molecule has 0 amide bonds. The molecule has 0 bridgehead atoms. The molecule has 1 aliphatic heterocycles. The van der Waals surface area contributed by atoms with Gasteiger partial charge in [0.05, 0.1) is 52.3 Å². The van der Waals surface area contributed by atoms with E-state index in [-0.39, 0.29) is 0 Å². The SMILES string of the molecule is CCOc1ccc(C2(c3ccc(OC)cc3OC)OCCO2)c(OC)c1. The second-order valence-corrected chi connectivity index (χ2v) is 5.67. The number of methoxy groups -OCH3 is 3. The van der Waals surface area contributed by atoms with Gasteiger partial charge >= 0.3 is 0 Å². The Morgan fingerprint density at radius 1 is 0.808 bits per heavy atom. The lowest BCUT2D eigenvalue weighted by Crippen LogP contribution is -2.30. The summed E-state index contributed by atoms with van der Waals surface area (Å²) >= 11 is 0. The van der Waals surface area contributed by atoms with Crippen molar-refractivity contribution in [2.24, 2.45) is 0 Å². The molecule has 6 heteroatoms. The van der Waals surface area contributed by atoms with Crippen molar-refractivity contribution in [2.75, 3.05) is 41.2 Å². The van der Waals surface area contributed by atoms with Crippen LogP contribution in [0.25, 0.3) is 0 Å². The smallest absolute Gasteiger partial charge is 0.229 e. The molecule has 0 unspecified atom stereocenters. The zero-order valence-electron chi connectivity index (χ0n) is 15.5. The fourth-order valence-electron chi connectivity index (χ4n) is 3.14. The van der Waals surface area contributed by atoms with Crippen molar-refractivity contribution >= 4 is 0 Å². The first kappa shape index (κ1) is 18.4. The summed E-state index contributed by atoms with van der Waals surface area (Å²) in [6, 6.07) is 11.2. The van der Waals surface area contributed by atoms with Crippen molar-refractivity contribution in [1.82, 2.24) is 0 Å². The Bertz CT molecular complexity index is 752. The molecule has 2 aromatic rings. The van der Waals surface area contributed by atoms with Crippen LogP contribution >= 0.6 is 0 Å². The van der Waals surface area contributed by atoms with Gasteiger partial charge in [-0.25, -0.2) is 0 Å². The van der Waals surface area contributed by atoms with Gasteiger partial charge in [-0.1, -0.05) is 0 Å². The topological polar surface area (TPSA) is 55.4 Å². The van der Waals surface area contributed by atoms with Crippen LogP contribution in [0, 0.1) is 0 Å². The molecule has 0 radical (unpaired) electrons. The number of rotatable bonds is 7. The third-order valence-electron chi connectivity index (χ3n) is 4.30. The largest absolute Gasteiger partial charge is 0.497 e. The molecule has 1 fully saturated rings. The first-order valence-corrected chi connectivity index (χ1v) is 8.50. The predicted octanol–water partition coefficient (Wildman–Crippen LogP) is 3.36. The minimum Gasteiger partial charge on any atom is -0.497 e. The van der Waals surface area contributed by atoms with Gasteiger partial charge < -0.3 is 28.4 Å². The molecule has 0 saturated carbocycles. The molecule has 26 heavy (non-hydrogen) atoms. The Balaban J connectivity index is 2.15. The second kappa shape index (κ2) is 7.85. The van der Waals surface area contributed by atoms with Gasteiger partial charge in [-0.3, -0.25) is 0 Å². The highest BCUT2D eigenvalue weighted by atomic mass is 16.7. The van der Waals surface area contributed by atoms with Crippen molar-refractivity contribution in [3.63, 3.8) is 0 Å². The van der Waals surface area contributed by atoms with E-state index in [1.807, 2.05) is 43.3 Å². The Hall–Kier alpha value is -2.44. The summed E-state index contributed by atoms with van der Waals surface area (Å²) < 4.78 is 34.3. The van der Waals surface area contributed by atoms with Gasteiger partial charge in [-0.2, -0.15) is 0 Å². The van der Waals surface area contributed by atoms with Crippen LogP contribution in [0.3, 0.4) is 0 Å². The number of benzene rings is 2. The Labute approximate surface area is 153 Å². The molecule has 3 rings (SSSR count). The van der Waals surface area contributed by atoms with Gasteiger partial charge in [0.25, 0.3) is 0 Å². The molecule has 0 N–H and O–H groups in total. The van der Waals surface area contributed by atoms with Crippen LogP contribution in [0.5, 0.6) is 23.0 Å². The molecule has 0 atom stereocenters. The molecular weight excluding hydrogens is 336 g/mol. The maximum atomic E-state index is 6.11. The first-order chi connectivity index (χ1) is 12.7. The zero-order chi connectivity index (χ0) is 18.6. The fourth-order valence-corrected chi connectivity index (χ4v) is 3.14. The highest BCUT2D eigenvalue weighted by Crippen LogP contribution is 2.47. The van der Waals surface area contributed by atoms with E-state index in [1.165, 1.54) is 0 Å². The molecule has 6 nitrogen and oxygen atoms in total. The minimum absolute atomic E-state index is 0.464. The average Bonchev–Trinajstić information content (AvgIpc) is 3.18. The summed E-state index contributed by atoms with van der Waals surface area (Å²) in [7, 11) is 4.83. The minimum atomic E-state index is -1.12. The van der Waals surface area contributed by atoms with E-state index in [2.05, 4.69) is 0 Å². The molecule has 1 aliphatic rings. The van der Waals surface area contributed by atoms with Gasteiger partial charge in [0.2, 0.25) is 5.79 Å². The van der Waals surface area contributed by atoms with E-state index < -0.39 is 5.79 Å². The monoisotopic (exact) mass is 360 g/mol. The molecule has 1 heterocycles. The third kappa shape index (κ3) is 3.18. The quantitative estimate of drug-likeness (QED) is 0.755. The number of hydrogen-bond acceptors (Lipinski definition) is 6. The van der Waals surface area contributed by atoms with Crippen LogP contribution in [-0.2, 0) is 15.3 Å². The van der Waals surface area contributed by atoms with E-state index in [9.17, 15) is 0 Å². The average molecular weight is 360 g/mol. The van der Waals surface area contributed by atoms with Gasteiger partial charge in [-0.15, -0.1) is 0 Å². The van der Waals surface area contributed by atoms with Crippen LogP contribution in [0.2, 0.25) is 0 Å². The van der Waals surface area contributed by atoms with Gasteiger partial charge in [0.1, 0.15) is 23.0 Å². The van der Waals surface area contributed by atoms with Crippen LogP contribution in [0.1, 0.15) is 18.1 Å².